The topological polar surface area (TPSA) is 53.9 Å². The highest BCUT2D eigenvalue weighted by Crippen LogP contribution is 2.27. The summed E-state index contributed by atoms with van der Waals surface area (Å²) in [7, 11) is 1.94. The number of aliphatic imine (C=N–C) groups is 1. The van der Waals surface area contributed by atoms with Gasteiger partial charge in [0.15, 0.2) is 0 Å². The molecule has 1 amide bonds. The highest BCUT2D eigenvalue weighted by atomic mass is 16.5. The van der Waals surface area contributed by atoms with E-state index in [1.165, 1.54) is 16.3 Å². The van der Waals surface area contributed by atoms with Crippen LogP contribution in [0.4, 0.5) is 4.79 Å². The van der Waals surface area contributed by atoms with Gasteiger partial charge in [-0.05, 0) is 28.8 Å². The van der Waals surface area contributed by atoms with Crippen LogP contribution < -0.4 is 5.32 Å². The molecule has 3 rings (SSSR count). The van der Waals surface area contributed by atoms with Gasteiger partial charge in [0.05, 0.1) is 19.2 Å². The lowest BCUT2D eigenvalue weighted by Crippen LogP contribution is -2.40. The molecule has 5 nitrogen and oxygen atoms in total. The van der Waals surface area contributed by atoms with Gasteiger partial charge < -0.3 is 9.64 Å². The van der Waals surface area contributed by atoms with Crippen molar-refractivity contribution in [3.05, 3.63) is 48.0 Å². The Morgan fingerprint density at radius 3 is 2.87 bits per heavy atom. The number of guanidine groups is 1. The fraction of sp³-hybridized carbons (Fsp3) is 0.333. The van der Waals surface area contributed by atoms with E-state index in [2.05, 4.69) is 40.6 Å². The summed E-state index contributed by atoms with van der Waals surface area (Å²) in [4.78, 5) is 18.1. The number of likely N-dealkylation sites (N-methyl/N-ethyl adjacent to an activating group) is 1. The zero-order valence-electron chi connectivity index (χ0n) is 13.5. The van der Waals surface area contributed by atoms with Crippen molar-refractivity contribution in [1.29, 1.82) is 0 Å². The lowest BCUT2D eigenvalue weighted by molar-refractivity contribution is 0.150. The zero-order chi connectivity index (χ0) is 16.2. The normalized spacial score (nSPS) is 17.2. The molecule has 1 aliphatic heterocycles. The SMILES string of the molecule is CCCOC(=O)NC1=NCC(c2ccc3ccccc3c2)N1C. The Balaban J connectivity index is 1.71. The van der Waals surface area contributed by atoms with Gasteiger partial charge in [0.2, 0.25) is 5.96 Å². The molecule has 120 valence electrons. The van der Waals surface area contributed by atoms with Crippen molar-refractivity contribution in [3.63, 3.8) is 0 Å². The van der Waals surface area contributed by atoms with Crippen molar-refractivity contribution in [2.45, 2.75) is 19.4 Å². The number of rotatable bonds is 3. The Hall–Kier alpha value is -2.56. The number of benzene rings is 2. The molecule has 1 heterocycles. The van der Waals surface area contributed by atoms with Gasteiger partial charge in [-0.2, -0.15) is 0 Å². The first-order valence-electron chi connectivity index (χ1n) is 7.89. The van der Waals surface area contributed by atoms with E-state index in [-0.39, 0.29) is 6.04 Å². The van der Waals surface area contributed by atoms with Crippen LogP contribution in [-0.2, 0) is 4.74 Å². The number of carbonyl (C=O) groups excluding carboxylic acids is 1. The molecule has 1 unspecified atom stereocenters. The molecule has 5 heteroatoms. The van der Waals surface area contributed by atoms with E-state index in [0.717, 1.165) is 6.42 Å². The summed E-state index contributed by atoms with van der Waals surface area (Å²) < 4.78 is 5.04. The van der Waals surface area contributed by atoms with Crippen molar-refractivity contribution < 1.29 is 9.53 Å². The maximum absolute atomic E-state index is 11.7. The third-order valence-corrected chi connectivity index (χ3v) is 4.03. The van der Waals surface area contributed by atoms with E-state index < -0.39 is 6.09 Å². The Bertz CT molecular complexity index is 742. The number of carbonyl (C=O) groups is 1. The van der Waals surface area contributed by atoms with Crippen LogP contribution >= 0.6 is 0 Å². The largest absolute Gasteiger partial charge is 0.449 e. The van der Waals surface area contributed by atoms with Gasteiger partial charge in [-0.15, -0.1) is 0 Å². The summed E-state index contributed by atoms with van der Waals surface area (Å²) in [5.74, 6) is 0.560. The predicted molar refractivity (Wildman–Crippen MR) is 91.5 cm³/mol. The molecule has 0 bridgehead atoms. The van der Waals surface area contributed by atoms with Gasteiger partial charge in [0.25, 0.3) is 0 Å². The molecule has 1 N–H and O–H groups in total. The molecular weight excluding hydrogens is 290 g/mol. The number of nitrogens with one attached hydrogen (secondary N) is 1. The maximum atomic E-state index is 11.7. The van der Waals surface area contributed by atoms with Crippen LogP contribution in [0.15, 0.2) is 47.5 Å². The van der Waals surface area contributed by atoms with Crippen molar-refractivity contribution in [2.75, 3.05) is 20.2 Å². The average molecular weight is 311 g/mol. The van der Waals surface area contributed by atoms with E-state index in [1.54, 1.807) is 0 Å². The van der Waals surface area contributed by atoms with Gasteiger partial charge in [0.1, 0.15) is 0 Å². The third-order valence-electron chi connectivity index (χ3n) is 4.03. The van der Waals surface area contributed by atoms with Gasteiger partial charge in [-0.3, -0.25) is 10.3 Å². The van der Waals surface area contributed by atoms with Gasteiger partial charge in [-0.25, -0.2) is 4.79 Å². The van der Waals surface area contributed by atoms with Crippen molar-refractivity contribution in [1.82, 2.24) is 10.2 Å². The van der Waals surface area contributed by atoms with Crippen LogP contribution in [0.25, 0.3) is 10.8 Å². The number of ether oxygens (including phenoxy) is 1. The van der Waals surface area contributed by atoms with Gasteiger partial charge in [-0.1, -0.05) is 43.3 Å². The summed E-state index contributed by atoms with van der Waals surface area (Å²) in [5.41, 5.74) is 1.19. The van der Waals surface area contributed by atoms with Crippen molar-refractivity contribution in [3.8, 4) is 0 Å². The van der Waals surface area contributed by atoms with Crippen LogP contribution in [0.1, 0.15) is 24.9 Å². The predicted octanol–water partition coefficient (Wildman–Crippen LogP) is 3.32. The molecule has 1 aliphatic rings. The van der Waals surface area contributed by atoms with Gasteiger partial charge in [0, 0.05) is 7.05 Å². The van der Waals surface area contributed by atoms with Crippen LogP contribution in [0.5, 0.6) is 0 Å². The smallest absolute Gasteiger partial charge is 0.413 e. The lowest BCUT2D eigenvalue weighted by Gasteiger charge is -2.23. The molecule has 0 fully saturated rings. The minimum Gasteiger partial charge on any atom is -0.449 e. The molecule has 0 aromatic heterocycles. The highest BCUT2D eigenvalue weighted by molar-refractivity contribution is 5.95. The fourth-order valence-corrected chi connectivity index (χ4v) is 2.75. The van der Waals surface area contributed by atoms with E-state index in [9.17, 15) is 4.79 Å². The Morgan fingerprint density at radius 1 is 1.30 bits per heavy atom. The number of fused-ring (bicyclic) bond motifs is 1. The molecule has 2 aromatic carbocycles. The second kappa shape index (κ2) is 6.69. The van der Waals surface area contributed by atoms with E-state index in [4.69, 9.17) is 4.74 Å². The van der Waals surface area contributed by atoms with Crippen LogP contribution in [-0.4, -0.2) is 37.2 Å². The van der Waals surface area contributed by atoms with E-state index >= 15 is 0 Å². The minimum atomic E-state index is -0.448. The van der Waals surface area contributed by atoms with E-state index in [0.29, 0.717) is 19.1 Å². The Morgan fingerprint density at radius 2 is 2.09 bits per heavy atom. The Kier molecular flexibility index (Phi) is 4.46. The standard InChI is InChI=1S/C18H21N3O2/c1-3-10-23-18(22)20-17-19-12-16(21(17)2)15-9-8-13-6-4-5-7-14(13)11-15/h4-9,11,16H,3,10,12H2,1-2H3,(H,19,20,22). The second-order valence-electron chi connectivity index (χ2n) is 5.66. The number of hydrogen-bond acceptors (Lipinski definition) is 4. The number of nitrogens with zero attached hydrogens (tertiary/aromatic N) is 2. The molecule has 2 aromatic rings. The first-order chi connectivity index (χ1) is 11.2. The first kappa shape index (κ1) is 15.3. The maximum Gasteiger partial charge on any atom is 0.413 e. The average Bonchev–Trinajstić information content (AvgIpc) is 2.93. The highest BCUT2D eigenvalue weighted by Gasteiger charge is 2.27. The summed E-state index contributed by atoms with van der Waals surface area (Å²) in [5, 5.41) is 5.15. The third kappa shape index (κ3) is 3.28. The zero-order valence-corrected chi connectivity index (χ0v) is 13.5. The van der Waals surface area contributed by atoms with Crippen LogP contribution in [0, 0.1) is 0 Å². The Labute approximate surface area is 136 Å². The summed E-state index contributed by atoms with van der Waals surface area (Å²) in [6, 6.07) is 14.8. The molecule has 0 aliphatic carbocycles. The number of hydrogen-bond donors (Lipinski definition) is 1. The number of alkyl carbamates (subject to hydrolysis) is 1. The molecule has 0 spiro atoms. The lowest BCUT2D eigenvalue weighted by atomic mass is 10.0. The van der Waals surface area contributed by atoms with E-state index in [1.807, 2.05) is 31.0 Å². The van der Waals surface area contributed by atoms with Crippen molar-refractivity contribution >= 4 is 22.8 Å². The molecular formula is C18H21N3O2. The monoisotopic (exact) mass is 311 g/mol. The summed E-state index contributed by atoms with van der Waals surface area (Å²) in [6.45, 7) is 3.00. The molecule has 0 saturated carbocycles. The van der Waals surface area contributed by atoms with Crippen LogP contribution in [0.3, 0.4) is 0 Å². The molecule has 1 atom stereocenters. The first-order valence-corrected chi connectivity index (χ1v) is 7.89. The summed E-state index contributed by atoms with van der Waals surface area (Å²) in [6.07, 6.45) is 0.353. The quantitative estimate of drug-likeness (QED) is 0.946. The second-order valence-corrected chi connectivity index (χ2v) is 5.66. The van der Waals surface area contributed by atoms with Crippen molar-refractivity contribution in [2.24, 2.45) is 4.99 Å². The van der Waals surface area contributed by atoms with Crippen LogP contribution in [0.2, 0.25) is 0 Å². The fourth-order valence-electron chi connectivity index (χ4n) is 2.75. The number of amides is 1. The molecule has 0 saturated heterocycles. The minimum absolute atomic E-state index is 0.126. The molecule has 23 heavy (non-hydrogen) atoms. The van der Waals surface area contributed by atoms with Gasteiger partial charge >= 0.3 is 6.09 Å². The molecule has 0 radical (unpaired) electrons. The summed E-state index contributed by atoms with van der Waals surface area (Å²) >= 11 is 0.